The van der Waals surface area contributed by atoms with Crippen LogP contribution in [0.2, 0.25) is 0 Å². The van der Waals surface area contributed by atoms with Crippen LogP contribution in [0.5, 0.6) is 0 Å². The fraction of sp³-hybridized carbons (Fsp3) is 0. The molecule has 0 bridgehead atoms. The second kappa shape index (κ2) is 9.32. The molecule has 0 aromatic heterocycles. The summed E-state index contributed by atoms with van der Waals surface area (Å²) < 4.78 is 17.3. The quantitative estimate of drug-likeness (QED) is 0.227. The van der Waals surface area contributed by atoms with Crippen molar-refractivity contribution in [1.29, 1.82) is 0 Å². The SMILES string of the molecule is [LiH].[O]=[Al][O]O[SiH3]. The van der Waals surface area contributed by atoms with E-state index in [0.717, 1.165) is 0 Å². The Morgan fingerprint density at radius 1 is 1.67 bits per heavy atom. The van der Waals surface area contributed by atoms with E-state index in [0.29, 0.717) is 10.5 Å². The monoisotopic (exact) mass is 114 g/mol. The molecule has 0 aromatic rings. The van der Waals surface area contributed by atoms with E-state index in [1.165, 1.54) is 0 Å². The van der Waals surface area contributed by atoms with Gasteiger partial charge in [0.1, 0.15) is 0 Å². The van der Waals surface area contributed by atoms with Crippen LogP contribution in [0.1, 0.15) is 0 Å². The average molecular weight is 114 g/mol. The van der Waals surface area contributed by atoms with E-state index in [1.54, 1.807) is 0 Å². The summed E-state index contributed by atoms with van der Waals surface area (Å²) in [5, 5.41) is 0. The Kier molecular flexibility index (Phi) is 15.5. The van der Waals surface area contributed by atoms with Crippen molar-refractivity contribution in [2.24, 2.45) is 0 Å². The Hall–Kier alpha value is 0.907. The standard InChI is InChI=1S/Al.Li.H4O2Si.O.H/c;;1-2-3;;/h;;1H,3H3;;/q+1;;;;/p-1. The van der Waals surface area contributed by atoms with Crippen LogP contribution in [-0.4, -0.2) is 44.8 Å². The molecule has 0 aliphatic carbocycles. The molecule has 6 heavy (non-hydrogen) atoms. The van der Waals surface area contributed by atoms with Crippen LogP contribution < -0.4 is 0 Å². The Labute approximate surface area is 57.3 Å². The molecule has 0 fully saturated rings. The third-order valence-electron chi connectivity index (χ3n) is 0.136. The van der Waals surface area contributed by atoms with Gasteiger partial charge in [0.15, 0.2) is 0 Å². The van der Waals surface area contributed by atoms with Gasteiger partial charge in [-0.15, -0.1) is 0 Å². The zero-order valence-electron chi connectivity index (χ0n) is 2.80. The summed E-state index contributed by atoms with van der Waals surface area (Å²) in [7, 11) is 0.497. The third-order valence-corrected chi connectivity index (χ3v) is 0.984. The van der Waals surface area contributed by atoms with Crippen LogP contribution in [0.15, 0.2) is 0 Å². The van der Waals surface area contributed by atoms with Crippen molar-refractivity contribution in [2.75, 3.05) is 0 Å². The van der Waals surface area contributed by atoms with Gasteiger partial charge in [0, 0.05) is 0 Å². The van der Waals surface area contributed by atoms with Crippen LogP contribution in [0, 0.1) is 0 Å². The number of hydrogen-bond acceptors (Lipinski definition) is 3. The minimum absolute atomic E-state index is 0. The second-order valence-electron chi connectivity index (χ2n) is 0.359. The van der Waals surface area contributed by atoms with Crippen molar-refractivity contribution < 1.29 is 12.3 Å². The van der Waals surface area contributed by atoms with E-state index in [9.17, 15) is 3.80 Å². The van der Waals surface area contributed by atoms with Gasteiger partial charge in [0.25, 0.3) is 0 Å². The van der Waals surface area contributed by atoms with Crippen molar-refractivity contribution in [3.63, 3.8) is 0 Å². The van der Waals surface area contributed by atoms with Crippen molar-refractivity contribution in [3.8, 4) is 0 Å². The van der Waals surface area contributed by atoms with Gasteiger partial charge in [-0.05, 0) is 0 Å². The van der Waals surface area contributed by atoms with Gasteiger partial charge in [0.2, 0.25) is 0 Å². The van der Waals surface area contributed by atoms with Gasteiger partial charge < -0.3 is 0 Å². The van der Waals surface area contributed by atoms with E-state index in [1.807, 2.05) is 0 Å². The average Bonchev–Trinajstić information content (AvgIpc) is 1.41. The Balaban J connectivity index is 0. The summed E-state index contributed by atoms with van der Waals surface area (Å²) >= 11 is -1.15. The zero-order chi connectivity index (χ0) is 4.12. The molecule has 0 saturated heterocycles. The predicted octanol–water partition coefficient (Wildman–Crippen LogP) is -2.47. The topological polar surface area (TPSA) is 35.5 Å². The first-order valence-electron chi connectivity index (χ1n) is 1.05. The molecule has 0 aliphatic heterocycles. The second-order valence-corrected chi connectivity index (χ2v) is 1.08. The maximum absolute atomic E-state index is 9.29. The minimum atomic E-state index is -1.15. The number of rotatable bonds is 2. The first-order chi connectivity index (χ1) is 2.41. The van der Waals surface area contributed by atoms with Crippen LogP contribution >= 0.6 is 0 Å². The predicted molar refractivity (Wildman–Crippen MR) is 25.7 cm³/mol. The summed E-state index contributed by atoms with van der Waals surface area (Å²) in [5.41, 5.74) is 0. The molecule has 0 spiro atoms. The first-order valence-corrected chi connectivity index (χ1v) is 2.81. The first kappa shape index (κ1) is 10.0. The molecule has 0 unspecified atom stereocenters. The molecule has 0 N–H and O–H groups in total. The molecule has 0 radical (unpaired) electrons. The van der Waals surface area contributed by atoms with E-state index < -0.39 is 15.5 Å². The van der Waals surface area contributed by atoms with E-state index in [4.69, 9.17) is 0 Å². The summed E-state index contributed by atoms with van der Waals surface area (Å²) in [6.45, 7) is 0. The van der Waals surface area contributed by atoms with Gasteiger partial charge in [-0.1, -0.05) is 0 Å². The van der Waals surface area contributed by atoms with E-state index in [-0.39, 0.29) is 18.9 Å². The fourth-order valence-electron chi connectivity index (χ4n) is 0.0393. The van der Waals surface area contributed by atoms with Crippen molar-refractivity contribution in [3.05, 3.63) is 0 Å². The van der Waals surface area contributed by atoms with Gasteiger partial charge in [0.05, 0.1) is 0 Å². The number of hydrogen-bond donors (Lipinski definition) is 0. The van der Waals surface area contributed by atoms with Crippen LogP contribution in [-0.2, 0) is 12.3 Å². The molecular weight excluding hydrogens is 110 g/mol. The van der Waals surface area contributed by atoms with Gasteiger partial charge in [-0.3, -0.25) is 0 Å². The van der Waals surface area contributed by atoms with Crippen molar-refractivity contribution in [1.82, 2.24) is 0 Å². The molecule has 0 aliphatic rings. The Morgan fingerprint density at radius 2 is 2.17 bits per heavy atom. The van der Waals surface area contributed by atoms with Crippen LogP contribution in [0.25, 0.3) is 0 Å². The molecular formula is H4AlLiO3Si. The molecule has 0 heterocycles. The van der Waals surface area contributed by atoms with E-state index in [2.05, 4.69) is 8.52 Å². The van der Waals surface area contributed by atoms with Gasteiger partial charge >= 0.3 is 57.2 Å². The molecule has 0 saturated carbocycles. The van der Waals surface area contributed by atoms with Crippen molar-refractivity contribution >= 4 is 44.8 Å². The summed E-state index contributed by atoms with van der Waals surface area (Å²) in [6, 6.07) is 0. The van der Waals surface area contributed by atoms with E-state index >= 15 is 0 Å². The Bertz CT molecular complexity index is 32.0. The van der Waals surface area contributed by atoms with Crippen molar-refractivity contribution in [2.45, 2.75) is 0 Å². The maximum atomic E-state index is 9.29. The molecule has 6 heteroatoms. The van der Waals surface area contributed by atoms with Gasteiger partial charge in [-0.25, -0.2) is 0 Å². The summed E-state index contributed by atoms with van der Waals surface area (Å²) in [5.74, 6) is 0. The van der Waals surface area contributed by atoms with Crippen LogP contribution in [0.3, 0.4) is 0 Å². The summed E-state index contributed by atoms with van der Waals surface area (Å²) in [6.07, 6.45) is 0. The molecule has 0 amide bonds. The third kappa shape index (κ3) is 8.86. The molecule has 0 atom stereocenters. The normalized spacial score (nSPS) is 5.33. The molecule has 3 nitrogen and oxygen atoms in total. The summed E-state index contributed by atoms with van der Waals surface area (Å²) in [4.78, 5) is 0. The molecule has 30 valence electrons. The zero-order valence-corrected chi connectivity index (χ0v) is 5.96. The molecule has 0 aromatic carbocycles. The Morgan fingerprint density at radius 3 is 2.17 bits per heavy atom. The fourth-order valence-corrected chi connectivity index (χ4v) is 0.354. The molecule has 0 rings (SSSR count). The van der Waals surface area contributed by atoms with Crippen LogP contribution in [0.4, 0.5) is 0 Å². The van der Waals surface area contributed by atoms with Gasteiger partial charge in [-0.2, -0.15) is 0 Å².